The Morgan fingerprint density at radius 2 is 2.00 bits per heavy atom. The van der Waals surface area contributed by atoms with E-state index in [-0.39, 0.29) is 0 Å². The Labute approximate surface area is 150 Å². The van der Waals surface area contributed by atoms with E-state index in [0.29, 0.717) is 5.56 Å². The molecule has 5 nitrogen and oxygen atoms in total. The third kappa shape index (κ3) is 5.05. The molecular weight excluding hydrogens is 310 g/mol. The van der Waals surface area contributed by atoms with Crippen molar-refractivity contribution in [3.05, 3.63) is 59.6 Å². The quantitative estimate of drug-likeness (QED) is 0.796. The van der Waals surface area contributed by atoms with Gasteiger partial charge in [-0.15, -0.1) is 0 Å². The lowest BCUT2D eigenvalue weighted by Crippen LogP contribution is -2.28. The maximum atomic E-state index is 9.32. The molecule has 1 aromatic heterocycles. The van der Waals surface area contributed by atoms with Crippen LogP contribution in [0.15, 0.2) is 36.9 Å². The molecule has 0 unspecified atom stereocenters. The number of hydrogen-bond acceptors (Lipinski definition) is 5. The van der Waals surface area contributed by atoms with E-state index in [1.807, 2.05) is 44.2 Å². The van der Waals surface area contributed by atoms with Crippen LogP contribution in [0.4, 0.5) is 5.82 Å². The summed E-state index contributed by atoms with van der Waals surface area (Å²) < 4.78 is 0. The second kappa shape index (κ2) is 8.84. The molecule has 0 saturated heterocycles. The fraction of sp³-hybridized carbons (Fsp3) is 0.350. The topological polar surface area (TPSA) is 64.8 Å². The largest absolute Gasteiger partial charge is 0.370 e. The van der Waals surface area contributed by atoms with Crippen molar-refractivity contribution >= 4 is 11.5 Å². The summed E-state index contributed by atoms with van der Waals surface area (Å²) in [4.78, 5) is 10.9. The van der Waals surface area contributed by atoms with Crippen LogP contribution in [0.2, 0.25) is 0 Å². The highest BCUT2D eigenvalue weighted by Gasteiger charge is 2.12. The van der Waals surface area contributed by atoms with Crippen LogP contribution in [-0.4, -0.2) is 34.5 Å². The Morgan fingerprint density at radius 1 is 1.24 bits per heavy atom. The summed E-state index contributed by atoms with van der Waals surface area (Å²) in [6.45, 7) is 12.6. The Balaban J connectivity index is 2.05. The van der Waals surface area contributed by atoms with Gasteiger partial charge in [-0.05, 0) is 26.3 Å². The van der Waals surface area contributed by atoms with Gasteiger partial charge in [0.15, 0.2) is 0 Å². The molecule has 0 aliphatic carbocycles. The average molecular weight is 335 g/mol. The molecule has 0 aliphatic heterocycles. The summed E-state index contributed by atoms with van der Waals surface area (Å²) in [5.74, 6) is 1.60. The number of aryl methyl sites for hydroxylation is 2. The van der Waals surface area contributed by atoms with Gasteiger partial charge in [-0.1, -0.05) is 31.7 Å². The van der Waals surface area contributed by atoms with Crippen molar-refractivity contribution < 1.29 is 0 Å². The number of benzene rings is 1. The molecule has 0 radical (unpaired) electrons. The Kier molecular flexibility index (Phi) is 6.53. The maximum Gasteiger partial charge on any atom is 0.129 e. The second-order valence-corrected chi connectivity index (χ2v) is 5.96. The first kappa shape index (κ1) is 18.5. The lowest BCUT2D eigenvalue weighted by Gasteiger charge is -2.27. The van der Waals surface area contributed by atoms with Crippen LogP contribution in [0.3, 0.4) is 0 Å². The van der Waals surface area contributed by atoms with Crippen LogP contribution in [-0.2, 0) is 0 Å². The molecule has 1 N–H and O–H groups in total. The number of aromatic nitrogens is 2. The second-order valence-electron chi connectivity index (χ2n) is 5.96. The van der Waals surface area contributed by atoms with Gasteiger partial charge in [-0.25, -0.2) is 9.97 Å². The van der Waals surface area contributed by atoms with Crippen molar-refractivity contribution in [2.45, 2.75) is 27.2 Å². The fourth-order valence-corrected chi connectivity index (χ4v) is 2.78. The lowest BCUT2D eigenvalue weighted by atomic mass is 10.1. The molecule has 1 aromatic carbocycles. The smallest absolute Gasteiger partial charge is 0.129 e. The number of hydrogen-bond donors (Lipinski definition) is 1. The van der Waals surface area contributed by atoms with Gasteiger partial charge in [0.05, 0.1) is 11.6 Å². The van der Waals surface area contributed by atoms with Gasteiger partial charge < -0.3 is 10.2 Å². The molecule has 0 fully saturated rings. The highest BCUT2D eigenvalue weighted by molar-refractivity contribution is 5.67. The molecule has 0 saturated carbocycles. The fourth-order valence-electron chi connectivity index (χ4n) is 2.78. The van der Waals surface area contributed by atoms with Crippen molar-refractivity contribution in [1.82, 2.24) is 14.9 Å². The summed E-state index contributed by atoms with van der Waals surface area (Å²) in [5.41, 5.74) is 3.39. The summed E-state index contributed by atoms with van der Waals surface area (Å²) in [5, 5.41) is 12.7. The zero-order chi connectivity index (χ0) is 18.2. The first-order valence-corrected chi connectivity index (χ1v) is 8.54. The molecule has 2 aromatic rings. The van der Waals surface area contributed by atoms with E-state index in [2.05, 4.69) is 39.8 Å². The van der Waals surface area contributed by atoms with Crippen molar-refractivity contribution in [2.24, 2.45) is 0 Å². The van der Waals surface area contributed by atoms with E-state index in [0.717, 1.165) is 54.7 Å². The van der Waals surface area contributed by atoms with E-state index in [4.69, 9.17) is 0 Å². The molecular formula is C20H25N5. The standard InChI is InChI=1S/C20H25N5/c1-5-11-25(16(3)19-9-7-6-8-18(19)14-21)12-10-22-20-13-15(2)23-17(4)24-20/h6-9,13H,3,5,10-12H2,1-2,4H3,(H,22,23,24). The van der Waals surface area contributed by atoms with Gasteiger partial charge in [0.25, 0.3) is 0 Å². The first-order valence-electron chi connectivity index (χ1n) is 8.54. The van der Waals surface area contributed by atoms with Crippen LogP contribution in [0.5, 0.6) is 0 Å². The number of anilines is 1. The Hall–Kier alpha value is -2.87. The van der Waals surface area contributed by atoms with Crippen LogP contribution in [0, 0.1) is 25.2 Å². The van der Waals surface area contributed by atoms with E-state index in [9.17, 15) is 5.26 Å². The van der Waals surface area contributed by atoms with Gasteiger partial charge in [0.1, 0.15) is 11.6 Å². The maximum absolute atomic E-state index is 9.32. The summed E-state index contributed by atoms with van der Waals surface area (Å²) in [6, 6.07) is 11.8. The molecule has 0 atom stereocenters. The highest BCUT2D eigenvalue weighted by Crippen LogP contribution is 2.21. The summed E-state index contributed by atoms with van der Waals surface area (Å²) >= 11 is 0. The van der Waals surface area contributed by atoms with E-state index in [1.165, 1.54) is 0 Å². The number of nitrogens with one attached hydrogen (secondary N) is 1. The molecule has 0 spiro atoms. The third-order valence-corrected chi connectivity index (χ3v) is 3.89. The molecule has 130 valence electrons. The Morgan fingerprint density at radius 3 is 2.68 bits per heavy atom. The lowest BCUT2D eigenvalue weighted by molar-refractivity contribution is 0.411. The van der Waals surface area contributed by atoms with Crippen molar-refractivity contribution in [1.29, 1.82) is 5.26 Å². The Bertz CT molecular complexity index is 756. The molecule has 2 rings (SSSR count). The zero-order valence-corrected chi connectivity index (χ0v) is 15.2. The van der Waals surface area contributed by atoms with Crippen molar-refractivity contribution in [3.8, 4) is 6.07 Å². The van der Waals surface area contributed by atoms with E-state index < -0.39 is 0 Å². The van der Waals surface area contributed by atoms with Gasteiger partial charge in [-0.2, -0.15) is 5.26 Å². The third-order valence-electron chi connectivity index (χ3n) is 3.89. The van der Waals surface area contributed by atoms with E-state index in [1.54, 1.807) is 0 Å². The van der Waals surface area contributed by atoms with Crippen molar-refractivity contribution in [3.63, 3.8) is 0 Å². The monoisotopic (exact) mass is 335 g/mol. The summed E-state index contributed by atoms with van der Waals surface area (Å²) in [6.07, 6.45) is 1.01. The van der Waals surface area contributed by atoms with Gasteiger partial charge in [0.2, 0.25) is 0 Å². The minimum absolute atomic E-state index is 0.656. The van der Waals surface area contributed by atoms with Gasteiger partial charge in [0, 0.05) is 42.7 Å². The van der Waals surface area contributed by atoms with Crippen LogP contribution < -0.4 is 5.32 Å². The number of rotatable bonds is 8. The molecule has 0 amide bonds. The minimum Gasteiger partial charge on any atom is -0.370 e. The predicted octanol–water partition coefficient (Wildman–Crippen LogP) is 3.76. The predicted molar refractivity (Wildman–Crippen MR) is 102 cm³/mol. The highest BCUT2D eigenvalue weighted by atomic mass is 15.2. The van der Waals surface area contributed by atoms with Gasteiger partial charge in [-0.3, -0.25) is 0 Å². The number of nitrogens with zero attached hydrogens (tertiary/aromatic N) is 4. The molecule has 0 bridgehead atoms. The molecule has 1 heterocycles. The molecule has 5 heteroatoms. The normalized spacial score (nSPS) is 10.2. The van der Waals surface area contributed by atoms with Crippen molar-refractivity contribution in [2.75, 3.05) is 25.0 Å². The average Bonchev–Trinajstić information content (AvgIpc) is 2.59. The molecule has 0 aliphatic rings. The summed E-state index contributed by atoms with van der Waals surface area (Å²) in [7, 11) is 0. The van der Waals surface area contributed by atoms with Crippen LogP contribution in [0.1, 0.15) is 36.0 Å². The SMILES string of the molecule is C=C(c1ccccc1C#N)N(CCC)CCNc1cc(C)nc(C)n1. The molecule has 25 heavy (non-hydrogen) atoms. The minimum atomic E-state index is 0.656. The van der Waals surface area contributed by atoms with Gasteiger partial charge >= 0.3 is 0 Å². The van der Waals surface area contributed by atoms with Crippen LogP contribution in [0.25, 0.3) is 5.70 Å². The number of nitriles is 1. The zero-order valence-electron chi connectivity index (χ0n) is 15.2. The first-order chi connectivity index (χ1) is 12.0. The van der Waals surface area contributed by atoms with E-state index >= 15 is 0 Å². The van der Waals surface area contributed by atoms with Crippen LogP contribution >= 0.6 is 0 Å².